The van der Waals surface area contributed by atoms with Crippen LogP contribution in [0.1, 0.15) is 22.0 Å². The van der Waals surface area contributed by atoms with Crippen LogP contribution in [0.25, 0.3) is 10.4 Å². The molecule has 0 unspecified atom stereocenters. The van der Waals surface area contributed by atoms with E-state index in [1.54, 1.807) is 12.1 Å². The summed E-state index contributed by atoms with van der Waals surface area (Å²) in [6.45, 7) is 2.17. The summed E-state index contributed by atoms with van der Waals surface area (Å²) in [7, 11) is 0. The van der Waals surface area contributed by atoms with E-state index in [1.807, 2.05) is 31.2 Å². The van der Waals surface area contributed by atoms with Gasteiger partial charge in [0.25, 0.3) is 5.91 Å². The van der Waals surface area contributed by atoms with Crippen molar-refractivity contribution in [1.82, 2.24) is 14.9 Å². The standard InChI is InChI=1S/C15H12ClN3O2S/c1-9-2-7-12(21-9)8-17-15(20)13-14(22-19-18-13)10-3-5-11(16)6-4-10/h2-7H,8H2,1H3,(H,17,20). The Morgan fingerprint density at radius 1 is 1.27 bits per heavy atom. The second-order valence-corrected chi connectivity index (χ2v) is 5.84. The number of carbonyl (C=O) groups excluding carboxylic acids is 1. The van der Waals surface area contributed by atoms with Crippen LogP contribution in [-0.4, -0.2) is 15.5 Å². The van der Waals surface area contributed by atoms with Gasteiger partial charge in [0.05, 0.1) is 11.4 Å². The molecular formula is C15H12ClN3O2S. The molecule has 22 heavy (non-hydrogen) atoms. The molecule has 1 amide bonds. The highest BCUT2D eigenvalue weighted by molar-refractivity contribution is 7.09. The summed E-state index contributed by atoms with van der Waals surface area (Å²) in [5, 5.41) is 7.35. The number of rotatable bonds is 4. The molecule has 3 aromatic rings. The van der Waals surface area contributed by atoms with Crippen molar-refractivity contribution in [2.45, 2.75) is 13.5 Å². The zero-order valence-corrected chi connectivity index (χ0v) is 13.2. The third-order valence-electron chi connectivity index (χ3n) is 3.03. The molecule has 0 saturated carbocycles. The Bertz CT molecular complexity index is 795. The van der Waals surface area contributed by atoms with Gasteiger partial charge in [-0.2, -0.15) is 0 Å². The van der Waals surface area contributed by atoms with Gasteiger partial charge < -0.3 is 9.73 Å². The van der Waals surface area contributed by atoms with Crippen molar-refractivity contribution in [2.75, 3.05) is 0 Å². The number of hydrogen-bond acceptors (Lipinski definition) is 5. The normalized spacial score (nSPS) is 10.6. The lowest BCUT2D eigenvalue weighted by molar-refractivity contribution is 0.0943. The van der Waals surface area contributed by atoms with Crippen LogP contribution in [0.4, 0.5) is 0 Å². The maximum atomic E-state index is 12.3. The first kappa shape index (κ1) is 14.7. The predicted octanol–water partition coefficient (Wildman–Crippen LogP) is 3.69. The fraction of sp³-hybridized carbons (Fsp3) is 0.133. The van der Waals surface area contributed by atoms with Crippen molar-refractivity contribution >= 4 is 29.0 Å². The number of nitrogens with zero attached hydrogens (tertiary/aromatic N) is 2. The molecule has 7 heteroatoms. The van der Waals surface area contributed by atoms with Crippen LogP contribution in [0.2, 0.25) is 5.02 Å². The molecule has 0 spiro atoms. The summed E-state index contributed by atoms with van der Waals surface area (Å²) in [5.74, 6) is 1.22. The van der Waals surface area contributed by atoms with E-state index in [0.29, 0.717) is 27.9 Å². The summed E-state index contributed by atoms with van der Waals surface area (Å²) in [6, 6.07) is 10.9. The summed E-state index contributed by atoms with van der Waals surface area (Å²) in [4.78, 5) is 13.0. The number of benzene rings is 1. The molecule has 0 aliphatic heterocycles. The van der Waals surface area contributed by atoms with E-state index >= 15 is 0 Å². The maximum absolute atomic E-state index is 12.3. The van der Waals surface area contributed by atoms with E-state index in [2.05, 4.69) is 14.9 Å². The van der Waals surface area contributed by atoms with E-state index in [1.165, 1.54) is 11.5 Å². The van der Waals surface area contributed by atoms with Gasteiger partial charge >= 0.3 is 0 Å². The Kier molecular flexibility index (Phi) is 4.22. The average molecular weight is 334 g/mol. The summed E-state index contributed by atoms with van der Waals surface area (Å²) < 4.78 is 9.29. The van der Waals surface area contributed by atoms with Crippen molar-refractivity contribution in [3.8, 4) is 10.4 Å². The van der Waals surface area contributed by atoms with Gasteiger partial charge in [-0.3, -0.25) is 4.79 Å². The number of nitrogens with one attached hydrogen (secondary N) is 1. The third-order valence-corrected chi connectivity index (χ3v) is 4.06. The number of amides is 1. The Labute approximate surface area is 136 Å². The smallest absolute Gasteiger partial charge is 0.273 e. The number of aryl methyl sites for hydroxylation is 1. The lowest BCUT2D eigenvalue weighted by Crippen LogP contribution is -2.23. The molecule has 0 aliphatic rings. The molecule has 0 atom stereocenters. The van der Waals surface area contributed by atoms with Crippen LogP contribution >= 0.6 is 23.1 Å². The molecule has 0 aliphatic carbocycles. The summed E-state index contributed by atoms with van der Waals surface area (Å²) >= 11 is 7.05. The Balaban J connectivity index is 1.76. The second-order valence-electron chi connectivity index (χ2n) is 4.65. The zero-order chi connectivity index (χ0) is 15.5. The average Bonchev–Trinajstić information content (AvgIpc) is 3.14. The van der Waals surface area contributed by atoms with Crippen LogP contribution in [0, 0.1) is 6.92 Å². The van der Waals surface area contributed by atoms with Gasteiger partial charge in [-0.1, -0.05) is 28.2 Å². The monoisotopic (exact) mass is 333 g/mol. The van der Waals surface area contributed by atoms with Crippen LogP contribution in [0.15, 0.2) is 40.8 Å². The zero-order valence-electron chi connectivity index (χ0n) is 11.7. The predicted molar refractivity (Wildman–Crippen MR) is 85.0 cm³/mol. The topological polar surface area (TPSA) is 68.0 Å². The minimum absolute atomic E-state index is 0.284. The molecule has 0 bridgehead atoms. The SMILES string of the molecule is Cc1ccc(CNC(=O)c2nnsc2-c2ccc(Cl)cc2)o1. The molecule has 1 aromatic carbocycles. The van der Waals surface area contributed by atoms with Crippen molar-refractivity contribution < 1.29 is 9.21 Å². The van der Waals surface area contributed by atoms with Gasteiger partial charge in [0.15, 0.2) is 5.69 Å². The number of hydrogen-bond donors (Lipinski definition) is 1. The molecule has 3 rings (SSSR count). The first-order valence-electron chi connectivity index (χ1n) is 6.55. The van der Waals surface area contributed by atoms with Crippen LogP contribution in [0.3, 0.4) is 0 Å². The molecule has 1 N–H and O–H groups in total. The van der Waals surface area contributed by atoms with E-state index in [-0.39, 0.29) is 5.91 Å². The van der Waals surface area contributed by atoms with Crippen LogP contribution in [-0.2, 0) is 6.54 Å². The first-order valence-corrected chi connectivity index (χ1v) is 7.70. The minimum Gasteiger partial charge on any atom is -0.465 e. The minimum atomic E-state index is -0.284. The summed E-state index contributed by atoms with van der Waals surface area (Å²) in [6.07, 6.45) is 0. The number of aromatic nitrogens is 2. The second kappa shape index (κ2) is 6.29. The molecule has 0 radical (unpaired) electrons. The molecular weight excluding hydrogens is 322 g/mol. The lowest BCUT2D eigenvalue weighted by atomic mass is 10.1. The highest BCUT2D eigenvalue weighted by atomic mass is 35.5. The molecule has 2 heterocycles. The van der Waals surface area contributed by atoms with Crippen molar-refractivity contribution in [3.63, 3.8) is 0 Å². The highest BCUT2D eigenvalue weighted by Crippen LogP contribution is 2.27. The van der Waals surface area contributed by atoms with E-state index in [0.717, 1.165) is 11.3 Å². The van der Waals surface area contributed by atoms with Gasteiger partial charge in [-0.15, -0.1) is 5.10 Å². The van der Waals surface area contributed by atoms with Gasteiger partial charge in [0.2, 0.25) is 0 Å². The molecule has 0 saturated heterocycles. The maximum Gasteiger partial charge on any atom is 0.273 e. The van der Waals surface area contributed by atoms with Crippen LogP contribution < -0.4 is 5.32 Å². The molecule has 2 aromatic heterocycles. The fourth-order valence-corrected chi connectivity index (χ4v) is 2.75. The Morgan fingerprint density at radius 3 is 2.73 bits per heavy atom. The summed E-state index contributed by atoms with van der Waals surface area (Å²) in [5.41, 5.74) is 1.16. The van der Waals surface area contributed by atoms with Crippen molar-refractivity contribution in [1.29, 1.82) is 0 Å². The van der Waals surface area contributed by atoms with Crippen LogP contribution in [0.5, 0.6) is 0 Å². The third kappa shape index (κ3) is 3.18. The number of halogens is 1. The molecule has 112 valence electrons. The Hall–Kier alpha value is -2.18. The number of carbonyl (C=O) groups is 1. The quantitative estimate of drug-likeness (QED) is 0.790. The lowest BCUT2D eigenvalue weighted by Gasteiger charge is -2.03. The van der Waals surface area contributed by atoms with Gasteiger partial charge in [0, 0.05) is 5.02 Å². The Morgan fingerprint density at radius 2 is 2.05 bits per heavy atom. The van der Waals surface area contributed by atoms with Crippen molar-refractivity contribution in [3.05, 3.63) is 58.6 Å². The van der Waals surface area contributed by atoms with E-state index in [9.17, 15) is 4.79 Å². The van der Waals surface area contributed by atoms with E-state index in [4.69, 9.17) is 16.0 Å². The fourth-order valence-electron chi connectivity index (χ4n) is 1.96. The molecule has 5 nitrogen and oxygen atoms in total. The van der Waals surface area contributed by atoms with Crippen molar-refractivity contribution in [2.24, 2.45) is 0 Å². The van der Waals surface area contributed by atoms with Gasteiger partial charge in [-0.05, 0) is 48.3 Å². The van der Waals surface area contributed by atoms with E-state index < -0.39 is 0 Å². The van der Waals surface area contributed by atoms with Gasteiger partial charge in [-0.25, -0.2) is 0 Å². The largest absolute Gasteiger partial charge is 0.465 e. The van der Waals surface area contributed by atoms with Gasteiger partial charge in [0.1, 0.15) is 11.5 Å². The highest BCUT2D eigenvalue weighted by Gasteiger charge is 2.18. The number of furan rings is 1. The molecule has 0 fully saturated rings. The first-order chi connectivity index (χ1) is 10.6.